The van der Waals surface area contributed by atoms with E-state index in [2.05, 4.69) is 15.0 Å². The molecule has 0 aliphatic heterocycles. The predicted octanol–water partition coefficient (Wildman–Crippen LogP) is 4.71. The van der Waals surface area contributed by atoms with Crippen LogP contribution >= 0.6 is 0 Å². The molecule has 0 spiro atoms. The number of benzene rings is 2. The number of nitro benzene ring substituents is 1. The van der Waals surface area contributed by atoms with Crippen molar-refractivity contribution in [2.75, 3.05) is 5.32 Å². The summed E-state index contributed by atoms with van der Waals surface area (Å²) in [5, 5.41) is 28.6. The predicted molar refractivity (Wildman–Crippen MR) is 127 cm³/mol. The van der Waals surface area contributed by atoms with Gasteiger partial charge in [0.25, 0.3) is 11.6 Å². The van der Waals surface area contributed by atoms with E-state index >= 15 is 0 Å². The molecule has 196 valence electrons. The molecule has 37 heavy (non-hydrogen) atoms. The molecule has 1 amide bonds. The van der Waals surface area contributed by atoms with E-state index in [1.54, 1.807) is 6.92 Å². The average molecular weight is 519 g/mol. The Morgan fingerprint density at radius 3 is 2.65 bits per heavy atom. The van der Waals surface area contributed by atoms with Crippen molar-refractivity contribution in [1.82, 2.24) is 5.16 Å². The molecule has 12 heteroatoms. The van der Waals surface area contributed by atoms with Gasteiger partial charge in [0.05, 0.1) is 16.0 Å². The topological polar surface area (TPSA) is 136 Å². The van der Waals surface area contributed by atoms with Crippen molar-refractivity contribution in [2.24, 2.45) is 0 Å². The van der Waals surface area contributed by atoms with Crippen LogP contribution in [0.1, 0.15) is 49.4 Å². The molecule has 0 saturated heterocycles. The molecule has 1 aromatic heterocycles. The van der Waals surface area contributed by atoms with Crippen molar-refractivity contribution in [2.45, 2.75) is 63.1 Å². The van der Waals surface area contributed by atoms with Gasteiger partial charge in [-0.15, -0.1) is 0 Å². The van der Waals surface area contributed by atoms with Crippen LogP contribution in [0, 0.1) is 17.0 Å². The average Bonchev–Trinajstić information content (AvgIpc) is 2.85. The van der Waals surface area contributed by atoms with E-state index in [0.29, 0.717) is 24.0 Å². The summed E-state index contributed by atoms with van der Waals surface area (Å²) in [6.07, 6.45) is -5.38. The number of amides is 1. The number of carbonyl (C=O) groups is 1. The molecule has 2 N–H and O–H groups in total. The molecule has 9 nitrogen and oxygen atoms in total. The molecule has 0 bridgehead atoms. The quantitative estimate of drug-likeness (QED) is 0.356. The number of nitrogens with zero attached hydrogens (tertiary/aromatic N) is 2. The molecule has 1 aliphatic rings. The van der Waals surface area contributed by atoms with E-state index in [4.69, 9.17) is 0 Å². The summed E-state index contributed by atoms with van der Waals surface area (Å²) in [4.78, 5) is 35.9. The Hall–Kier alpha value is -3.80. The molecule has 4 rings (SSSR count). The Bertz CT molecular complexity index is 1450. The SMILES string of the molecule is CCC1(CC(O)(C(=O)Nc2ccc3c(=O)onc(C)c3c2)C(F)(F)F)CCCc2c([N+](=O)[O-])cccc21. The molecule has 2 aromatic carbocycles. The second-order valence-corrected chi connectivity index (χ2v) is 9.35. The van der Waals surface area contributed by atoms with Crippen molar-refractivity contribution in [1.29, 1.82) is 0 Å². The molecule has 0 radical (unpaired) electrons. The van der Waals surface area contributed by atoms with Crippen LogP contribution in [0.25, 0.3) is 10.8 Å². The highest BCUT2D eigenvalue weighted by atomic mass is 19.4. The molecule has 0 saturated carbocycles. The highest BCUT2D eigenvalue weighted by Gasteiger charge is 2.62. The number of halogens is 3. The fraction of sp³-hybridized carbons (Fsp3) is 0.400. The summed E-state index contributed by atoms with van der Waals surface area (Å²) in [6, 6.07) is 8.01. The third kappa shape index (κ3) is 4.45. The number of aromatic nitrogens is 1. The van der Waals surface area contributed by atoms with Gasteiger partial charge in [-0.25, -0.2) is 4.79 Å². The van der Waals surface area contributed by atoms with Crippen molar-refractivity contribution >= 4 is 28.1 Å². The van der Waals surface area contributed by atoms with Crippen LogP contribution in [0.15, 0.2) is 45.7 Å². The Morgan fingerprint density at radius 1 is 1.27 bits per heavy atom. The fourth-order valence-electron chi connectivity index (χ4n) is 5.26. The fourth-order valence-corrected chi connectivity index (χ4v) is 5.26. The second-order valence-electron chi connectivity index (χ2n) is 9.35. The number of alkyl halides is 3. The normalized spacial score (nSPS) is 19.2. The summed E-state index contributed by atoms with van der Waals surface area (Å²) < 4.78 is 47.8. The van der Waals surface area contributed by atoms with Crippen LogP contribution < -0.4 is 10.9 Å². The molecule has 1 heterocycles. The van der Waals surface area contributed by atoms with E-state index in [-0.39, 0.29) is 40.7 Å². The van der Waals surface area contributed by atoms with Crippen molar-refractivity contribution in [3.63, 3.8) is 0 Å². The van der Waals surface area contributed by atoms with Gasteiger partial charge >= 0.3 is 11.8 Å². The number of aliphatic hydroxyl groups is 1. The summed E-state index contributed by atoms with van der Waals surface area (Å²) in [5.74, 6) is -1.70. The standard InChI is InChI=1S/C25H24F3N3O6/c1-3-23(11-5-6-17-19(23)7-4-8-20(17)31(35)36)13-24(34,25(26,27)28)22(33)29-15-9-10-16-18(12-15)14(2)30-37-21(16)32/h4,7-10,12,34H,3,5-6,11,13H2,1-2H3,(H,29,33). The zero-order valence-electron chi connectivity index (χ0n) is 20.0. The maximum atomic E-state index is 14.4. The Kier molecular flexibility index (Phi) is 6.57. The number of carbonyl (C=O) groups excluding carboxylic acids is 1. The van der Waals surface area contributed by atoms with Crippen LogP contribution in [0.2, 0.25) is 0 Å². The molecule has 2 atom stereocenters. The van der Waals surface area contributed by atoms with E-state index in [1.807, 2.05) is 0 Å². The third-order valence-electron chi connectivity index (χ3n) is 7.27. The first-order valence-electron chi connectivity index (χ1n) is 11.6. The second kappa shape index (κ2) is 9.25. The van der Waals surface area contributed by atoms with Crippen LogP contribution in [0.5, 0.6) is 0 Å². The van der Waals surface area contributed by atoms with E-state index < -0.39 is 40.1 Å². The number of hydrogen-bond donors (Lipinski definition) is 2. The first-order valence-corrected chi connectivity index (χ1v) is 11.6. The van der Waals surface area contributed by atoms with Crippen molar-refractivity contribution in [3.8, 4) is 0 Å². The van der Waals surface area contributed by atoms with Crippen LogP contribution in [-0.4, -0.2) is 32.9 Å². The maximum absolute atomic E-state index is 14.4. The van der Waals surface area contributed by atoms with E-state index in [0.717, 1.165) is 0 Å². The van der Waals surface area contributed by atoms with Gasteiger partial charge in [-0.1, -0.05) is 24.2 Å². The molecule has 0 fully saturated rings. The van der Waals surface area contributed by atoms with Crippen LogP contribution in [0.4, 0.5) is 24.5 Å². The number of fused-ring (bicyclic) bond motifs is 2. The lowest BCUT2D eigenvalue weighted by atomic mass is 9.63. The van der Waals surface area contributed by atoms with Gasteiger partial charge in [-0.3, -0.25) is 14.9 Å². The van der Waals surface area contributed by atoms with Crippen LogP contribution in [0.3, 0.4) is 0 Å². The highest BCUT2D eigenvalue weighted by Crippen LogP contribution is 2.50. The van der Waals surface area contributed by atoms with Crippen molar-refractivity contribution < 1.29 is 32.5 Å². The van der Waals surface area contributed by atoms with Gasteiger partial charge in [0.2, 0.25) is 5.60 Å². The van der Waals surface area contributed by atoms with E-state index in [1.165, 1.54) is 43.3 Å². The third-order valence-corrected chi connectivity index (χ3v) is 7.27. The molecule has 3 aromatic rings. The van der Waals surface area contributed by atoms with Gasteiger partial charge in [0.1, 0.15) is 0 Å². The number of anilines is 1. The summed E-state index contributed by atoms with van der Waals surface area (Å²) in [7, 11) is 0. The molecule has 2 unspecified atom stereocenters. The number of nitrogens with one attached hydrogen (secondary N) is 1. The van der Waals surface area contributed by atoms with Gasteiger partial charge in [0, 0.05) is 29.1 Å². The lowest BCUT2D eigenvalue weighted by Crippen LogP contribution is -2.58. The van der Waals surface area contributed by atoms with Crippen LogP contribution in [-0.2, 0) is 16.6 Å². The zero-order valence-corrected chi connectivity index (χ0v) is 20.0. The molecule has 1 aliphatic carbocycles. The van der Waals surface area contributed by atoms with E-state index in [9.17, 15) is 38.0 Å². The largest absolute Gasteiger partial charge is 0.426 e. The minimum absolute atomic E-state index is 0.0825. The number of hydrogen-bond acceptors (Lipinski definition) is 7. The minimum Gasteiger partial charge on any atom is -0.373 e. The zero-order chi connectivity index (χ0) is 27.2. The number of nitro groups is 1. The molecular weight excluding hydrogens is 495 g/mol. The van der Waals surface area contributed by atoms with Gasteiger partial charge in [0.15, 0.2) is 0 Å². The summed E-state index contributed by atoms with van der Waals surface area (Å²) in [5.41, 5.74) is -5.22. The number of rotatable bonds is 6. The van der Waals surface area contributed by atoms with Gasteiger partial charge in [-0.2, -0.15) is 13.2 Å². The smallest absolute Gasteiger partial charge is 0.373 e. The lowest BCUT2D eigenvalue weighted by molar-refractivity contribution is -0.385. The molecular formula is C25H24F3N3O6. The maximum Gasteiger partial charge on any atom is 0.426 e. The summed E-state index contributed by atoms with van der Waals surface area (Å²) >= 11 is 0. The van der Waals surface area contributed by atoms with Gasteiger partial charge in [-0.05, 0) is 61.8 Å². The first kappa shape index (κ1) is 26.3. The van der Waals surface area contributed by atoms with Gasteiger partial charge < -0.3 is 14.9 Å². The summed E-state index contributed by atoms with van der Waals surface area (Å²) in [6.45, 7) is 3.15. The monoisotopic (exact) mass is 519 g/mol. The Labute approximate surface area is 208 Å². The lowest BCUT2D eigenvalue weighted by Gasteiger charge is -2.43. The first-order chi connectivity index (χ1) is 17.3. The Balaban J connectivity index is 1.76. The van der Waals surface area contributed by atoms with Crippen molar-refractivity contribution in [3.05, 3.63) is 73.8 Å². The number of aryl methyl sites for hydroxylation is 1. The highest BCUT2D eigenvalue weighted by molar-refractivity contribution is 6.00. The minimum atomic E-state index is -5.35. The Morgan fingerprint density at radius 2 is 2.00 bits per heavy atom.